The van der Waals surface area contributed by atoms with Crippen molar-refractivity contribution in [1.29, 1.82) is 0 Å². The van der Waals surface area contributed by atoms with Crippen molar-refractivity contribution in [2.75, 3.05) is 0 Å². The topological polar surface area (TPSA) is 29.5 Å². The second-order valence-corrected chi connectivity index (χ2v) is 6.69. The third kappa shape index (κ3) is 4.19. The van der Waals surface area contributed by atoms with Crippen molar-refractivity contribution in [2.24, 2.45) is 0 Å². The van der Waals surface area contributed by atoms with E-state index in [0.717, 1.165) is 32.9 Å². The minimum atomic E-state index is 0.282. The minimum Gasteiger partial charge on any atom is -0.507 e. The van der Waals surface area contributed by atoms with Gasteiger partial charge in [-0.2, -0.15) is 0 Å². The Balaban J connectivity index is 2.42. The predicted octanol–water partition coefficient (Wildman–Crippen LogP) is 5.84. The number of aromatic hydroxyl groups is 1. The highest BCUT2D eigenvalue weighted by Gasteiger charge is 2.10. The second-order valence-electron chi connectivity index (χ2n) is 5.37. The van der Waals surface area contributed by atoms with Gasteiger partial charge < -0.3 is 9.63 Å². The molecule has 1 atom stereocenters. The molecule has 0 spiro atoms. The first-order valence-electron chi connectivity index (χ1n) is 7.24. The Kier molecular flexibility index (Phi) is 5.92. The summed E-state index contributed by atoms with van der Waals surface area (Å²) < 4.78 is 5.29. The van der Waals surface area contributed by atoms with Crippen molar-refractivity contribution in [3.8, 4) is 11.5 Å². The van der Waals surface area contributed by atoms with Crippen molar-refractivity contribution >= 4 is 27.3 Å². The van der Waals surface area contributed by atoms with E-state index in [2.05, 4.69) is 29.0 Å². The van der Waals surface area contributed by atoms with Crippen LogP contribution in [0, 0.1) is 20.8 Å². The van der Waals surface area contributed by atoms with Gasteiger partial charge in [0.25, 0.3) is 0 Å². The van der Waals surface area contributed by atoms with Crippen LogP contribution in [0.15, 0.2) is 52.8 Å². The molecule has 0 aromatic heterocycles. The first-order valence-corrected chi connectivity index (χ1v) is 8.53. The van der Waals surface area contributed by atoms with Gasteiger partial charge in [-0.1, -0.05) is 36.6 Å². The maximum absolute atomic E-state index is 10.1. The fraction of sp³-hybridized carbons (Fsp3) is 0.158. The van der Waals surface area contributed by atoms with E-state index < -0.39 is 0 Å². The molecule has 0 amide bonds. The highest BCUT2D eigenvalue weighted by molar-refractivity contribution is 7.99. The molecule has 0 bridgehead atoms. The van der Waals surface area contributed by atoms with Crippen LogP contribution in [0.2, 0.25) is 0 Å². The molecule has 0 radical (unpaired) electrons. The van der Waals surface area contributed by atoms with Crippen LogP contribution in [-0.4, -0.2) is 5.11 Å². The lowest BCUT2D eigenvalue weighted by atomic mass is 10.1. The van der Waals surface area contributed by atoms with Gasteiger partial charge in [0.1, 0.15) is 11.5 Å². The molecule has 2 rings (SSSR count). The van der Waals surface area contributed by atoms with Gasteiger partial charge in [0, 0.05) is 15.4 Å². The lowest BCUT2D eigenvalue weighted by Crippen LogP contribution is -1.89. The molecule has 0 heterocycles. The van der Waals surface area contributed by atoms with Gasteiger partial charge in [0.15, 0.2) is 0 Å². The summed E-state index contributed by atoms with van der Waals surface area (Å²) in [7, 11) is 2.29. The van der Waals surface area contributed by atoms with Crippen LogP contribution >= 0.6 is 21.2 Å². The number of hydrogen-bond acceptors (Lipinski definition) is 3. The molecule has 0 saturated carbocycles. The Hall–Kier alpha value is -1.70. The standard InChI is InChI=1S/C19H21O2PS/c1-5-6-7-15-11-19(13(3)8-16(15)20)23-18-10-12(2)17(21-22)9-14(18)4/h5-11,20H,1,22H2,2-4H3/b7-6-. The summed E-state index contributed by atoms with van der Waals surface area (Å²) in [6.07, 6.45) is 5.37. The Labute approximate surface area is 144 Å². The van der Waals surface area contributed by atoms with Crippen LogP contribution in [0.1, 0.15) is 22.3 Å². The predicted molar refractivity (Wildman–Crippen MR) is 102 cm³/mol. The molecule has 120 valence electrons. The first kappa shape index (κ1) is 17.7. The molecule has 0 aliphatic rings. The first-order chi connectivity index (χ1) is 11.0. The maximum Gasteiger partial charge on any atom is 0.125 e. The molecule has 2 aromatic rings. The number of phenols is 1. The van der Waals surface area contributed by atoms with E-state index in [9.17, 15) is 5.11 Å². The Bertz CT molecular complexity index is 766. The molecule has 0 aliphatic heterocycles. The second kappa shape index (κ2) is 7.72. The maximum atomic E-state index is 10.1. The highest BCUT2D eigenvalue weighted by Crippen LogP contribution is 2.38. The van der Waals surface area contributed by atoms with Crippen LogP contribution in [0.5, 0.6) is 11.5 Å². The summed E-state index contributed by atoms with van der Waals surface area (Å²) in [4.78, 5) is 2.30. The summed E-state index contributed by atoms with van der Waals surface area (Å²) in [6.45, 7) is 9.77. The van der Waals surface area contributed by atoms with E-state index >= 15 is 0 Å². The van der Waals surface area contributed by atoms with Gasteiger partial charge in [0.2, 0.25) is 0 Å². The highest BCUT2D eigenvalue weighted by atomic mass is 32.2. The monoisotopic (exact) mass is 344 g/mol. The van der Waals surface area contributed by atoms with Gasteiger partial charge in [-0.05, 0) is 61.7 Å². The van der Waals surface area contributed by atoms with Gasteiger partial charge in [-0.25, -0.2) is 0 Å². The lowest BCUT2D eigenvalue weighted by molar-refractivity contribution is 0.473. The van der Waals surface area contributed by atoms with Crippen LogP contribution in [0.25, 0.3) is 6.08 Å². The number of rotatable bonds is 5. The van der Waals surface area contributed by atoms with Crippen molar-refractivity contribution in [3.63, 3.8) is 0 Å². The van der Waals surface area contributed by atoms with Crippen molar-refractivity contribution < 1.29 is 9.63 Å². The zero-order valence-corrected chi connectivity index (χ0v) is 15.6. The van der Waals surface area contributed by atoms with Gasteiger partial charge in [-0.3, -0.25) is 0 Å². The summed E-state index contributed by atoms with van der Waals surface area (Å²) in [5, 5.41) is 10.1. The minimum absolute atomic E-state index is 0.282. The fourth-order valence-corrected chi connectivity index (χ4v) is 3.57. The van der Waals surface area contributed by atoms with E-state index in [1.165, 1.54) is 4.90 Å². The Morgan fingerprint density at radius 3 is 2.35 bits per heavy atom. The summed E-state index contributed by atoms with van der Waals surface area (Å²) in [6, 6.07) is 7.97. The van der Waals surface area contributed by atoms with Crippen molar-refractivity contribution in [2.45, 2.75) is 30.6 Å². The van der Waals surface area contributed by atoms with Crippen molar-refractivity contribution in [3.05, 3.63) is 65.3 Å². The smallest absolute Gasteiger partial charge is 0.125 e. The van der Waals surface area contributed by atoms with E-state index in [4.69, 9.17) is 4.52 Å². The van der Waals surface area contributed by atoms with Crippen LogP contribution in [-0.2, 0) is 0 Å². The molecule has 1 N–H and O–H groups in total. The number of phenolic OH excluding ortho intramolecular Hbond substituents is 1. The number of benzene rings is 2. The van der Waals surface area contributed by atoms with E-state index in [1.807, 2.05) is 38.1 Å². The molecule has 1 unspecified atom stereocenters. The molecular formula is C19H21O2PS. The quantitative estimate of drug-likeness (QED) is 0.546. The van der Waals surface area contributed by atoms with Crippen LogP contribution < -0.4 is 4.52 Å². The van der Waals surface area contributed by atoms with Gasteiger partial charge in [-0.15, -0.1) is 0 Å². The molecule has 23 heavy (non-hydrogen) atoms. The van der Waals surface area contributed by atoms with Crippen molar-refractivity contribution in [1.82, 2.24) is 0 Å². The number of aryl methyl sites for hydroxylation is 3. The molecular weight excluding hydrogens is 323 g/mol. The lowest BCUT2D eigenvalue weighted by Gasteiger charge is -2.13. The van der Waals surface area contributed by atoms with Crippen LogP contribution in [0.3, 0.4) is 0 Å². The van der Waals surface area contributed by atoms with E-state index in [0.29, 0.717) is 0 Å². The van der Waals surface area contributed by atoms with Gasteiger partial charge in [0.05, 0.1) is 9.47 Å². The zero-order chi connectivity index (χ0) is 17.0. The largest absolute Gasteiger partial charge is 0.507 e. The van der Waals surface area contributed by atoms with Crippen LogP contribution in [0.4, 0.5) is 0 Å². The average Bonchev–Trinajstić information content (AvgIpc) is 2.51. The average molecular weight is 344 g/mol. The van der Waals surface area contributed by atoms with Gasteiger partial charge >= 0.3 is 0 Å². The van der Waals surface area contributed by atoms with E-state index in [1.54, 1.807) is 23.9 Å². The molecule has 0 fully saturated rings. The summed E-state index contributed by atoms with van der Waals surface area (Å²) >= 11 is 1.70. The third-order valence-corrected chi connectivity index (χ3v) is 5.13. The zero-order valence-electron chi connectivity index (χ0n) is 13.6. The molecule has 0 aliphatic carbocycles. The number of allylic oxidation sites excluding steroid dienone is 2. The molecule has 4 heteroatoms. The molecule has 2 nitrogen and oxygen atoms in total. The third-order valence-electron chi connectivity index (χ3n) is 3.56. The molecule has 0 saturated heterocycles. The Morgan fingerprint density at radius 1 is 1.04 bits per heavy atom. The summed E-state index contributed by atoms with van der Waals surface area (Å²) in [5.74, 6) is 1.15. The Morgan fingerprint density at radius 2 is 1.70 bits per heavy atom. The fourth-order valence-electron chi connectivity index (χ4n) is 2.22. The SMILES string of the molecule is C=C/C=C\c1cc(Sc2cc(C)c(OP)cc2C)c(C)cc1O. The summed E-state index contributed by atoms with van der Waals surface area (Å²) in [5.41, 5.74) is 4.09. The molecule has 2 aromatic carbocycles. The number of hydrogen-bond donors (Lipinski definition) is 1. The normalized spacial score (nSPS) is 11.0. The van der Waals surface area contributed by atoms with E-state index in [-0.39, 0.29) is 5.75 Å².